The van der Waals surface area contributed by atoms with Crippen LogP contribution in [-0.4, -0.2) is 45.8 Å². The van der Waals surface area contributed by atoms with E-state index >= 15 is 0 Å². The maximum atomic E-state index is 5.24. The van der Waals surface area contributed by atoms with E-state index in [2.05, 4.69) is 69.9 Å². The minimum atomic E-state index is 0.472. The molecule has 0 bridgehead atoms. The van der Waals surface area contributed by atoms with Crippen LogP contribution in [0, 0.1) is 0 Å². The first kappa shape index (κ1) is 21.0. The van der Waals surface area contributed by atoms with Gasteiger partial charge in [0, 0.05) is 38.4 Å². The molecule has 2 aromatic carbocycles. The van der Waals surface area contributed by atoms with Crippen LogP contribution in [0.25, 0.3) is 0 Å². The Kier molecular flexibility index (Phi) is 7.79. The lowest BCUT2D eigenvalue weighted by molar-refractivity contribution is 0.414. The summed E-state index contributed by atoms with van der Waals surface area (Å²) in [5.41, 5.74) is 2.66. The van der Waals surface area contributed by atoms with Crippen LogP contribution in [0.4, 0.5) is 5.69 Å². The molecule has 0 aliphatic carbocycles. The molecule has 0 amide bonds. The summed E-state index contributed by atoms with van der Waals surface area (Å²) >= 11 is 0. The smallest absolute Gasteiger partial charge is 0.191 e. The Bertz CT molecular complexity index is 752. The molecule has 5 nitrogen and oxygen atoms in total. The number of nitrogens with one attached hydrogen (secondary N) is 2. The quantitative estimate of drug-likeness (QED) is 0.550. The lowest BCUT2D eigenvalue weighted by Gasteiger charge is -2.34. The van der Waals surface area contributed by atoms with E-state index in [4.69, 9.17) is 4.74 Å². The number of piperidine rings is 1. The summed E-state index contributed by atoms with van der Waals surface area (Å²) in [7, 11) is 3.55. The van der Waals surface area contributed by atoms with Crippen molar-refractivity contribution in [2.75, 3.05) is 38.7 Å². The van der Waals surface area contributed by atoms with Gasteiger partial charge in [-0.25, -0.2) is 0 Å². The molecule has 1 aliphatic heterocycles. The maximum absolute atomic E-state index is 5.24. The fourth-order valence-corrected chi connectivity index (χ4v) is 3.82. The first-order valence-electron chi connectivity index (χ1n) is 10.6. The number of para-hydroxylation sites is 1. The molecule has 1 heterocycles. The van der Waals surface area contributed by atoms with E-state index in [1.165, 1.54) is 11.3 Å². The molecule has 0 aromatic heterocycles. The number of rotatable bonds is 7. The SMILES string of the molecule is CN=C(NCCC(C)c1ccc(OC)cc1)NC1CCN(c2ccccc2)CC1. The van der Waals surface area contributed by atoms with Gasteiger partial charge in [0.2, 0.25) is 0 Å². The Morgan fingerprint density at radius 1 is 1.10 bits per heavy atom. The van der Waals surface area contributed by atoms with E-state index in [9.17, 15) is 0 Å². The van der Waals surface area contributed by atoms with Gasteiger partial charge in [-0.3, -0.25) is 4.99 Å². The van der Waals surface area contributed by atoms with Crippen LogP contribution in [0.3, 0.4) is 0 Å². The summed E-state index contributed by atoms with van der Waals surface area (Å²) in [5, 5.41) is 7.09. The topological polar surface area (TPSA) is 48.9 Å². The van der Waals surface area contributed by atoms with E-state index in [1.807, 2.05) is 19.2 Å². The van der Waals surface area contributed by atoms with Gasteiger partial charge in [-0.05, 0) is 55.0 Å². The predicted molar refractivity (Wildman–Crippen MR) is 122 cm³/mol. The van der Waals surface area contributed by atoms with Gasteiger partial charge in [0.05, 0.1) is 7.11 Å². The van der Waals surface area contributed by atoms with Gasteiger partial charge >= 0.3 is 0 Å². The monoisotopic (exact) mass is 394 g/mol. The highest BCUT2D eigenvalue weighted by molar-refractivity contribution is 5.80. The largest absolute Gasteiger partial charge is 0.497 e. The molecule has 1 saturated heterocycles. The number of guanidine groups is 1. The lowest BCUT2D eigenvalue weighted by Crippen LogP contribution is -2.49. The average Bonchev–Trinajstić information content (AvgIpc) is 2.79. The molecule has 5 heteroatoms. The molecule has 1 aliphatic rings. The third-order valence-electron chi connectivity index (χ3n) is 5.74. The summed E-state index contributed by atoms with van der Waals surface area (Å²) in [4.78, 5) is 6.88. The first-order chi connectivity index (χ1) is 14.2. The third-order valence-corrected chi connectivity index (χ3v) is 5.74. The number of nitrogens with zero attached hydrogens (tertiary/aromatic N) is 2. The molecule has 0 spiro atoms. The van der Waals surface area contributed by atoms with Crippen LogP contribution in [0.2, 0.25) is 0 Å². The molecule has 1 atom stereocenters. The second-order valence-corrected chi connectivity index (χ2v) is 7.70. The van der Waals surface area contributed by atoms with Crippen LogP contribution in [0.1, 0.15) is 37.7 Å². The van der Waals surface area contributed by atoms with E-state index < -0.39 is 0 Å². The maximum Gasteiger partial charge on any atom is 0.191 e. The first-order valence-corrected chi connectivity index (χ1v) is 10.6. The molecule has 1 unspecified atom stereocenters. The fourth-order valence-electron chi connectivity index (χ4n) is 3.82. The van der Waals surface area contributed by atoms with E-state index in [-0.39, 0.29) is 0 Å². The van der Waals surface area contributed by atoms with Crippen LogP contribution in [0.5, 0.6) is 5.75 Å². The number of hydrogen-bond acceptors (Lipinski definition) is 3. The fraction of sp³-hybridized carbons (Fsp3) is 0.458. The van der Waals surface area contributed by atoms with Crippen molar-refractivity contribution in [1.29, 1.82) is 0 Å². The zero-order chi connectivity index (χ0) is 20.5. The van der Waals surface area contributed by atoms with Crippen molar-refractivity contribution in [2.24, 2.45) is 4.99 Å². The Morgan fingerprint density at radius 3 is 2.41 bits per heavy atom. The van der Waals surface area contributed by atoms with E-state index in [0.29, 0.717) is 12.0 Å². The normalized spacial score (nSPS) is 16.4. The van der Waals surface area contributed by atoms with Crippen LogP contribution < -0.4 is 20.3 Å². The Hall–Kier alpha value is -2.69. The van der Waals surface area contributed by atoms with Crippen molar-refractivity contribution >= 4 is 11.6 Å². The molecule has 3 rings (SSSR count). The van der Waals surface area contributed by atoms with Crippen molar-refractivity contribution in [2.45, 2.75) is 38.1 Å². The summed E-state index contributed by atoms with van der Waals surface area (Å²) in [5.74, 6) is 2.30. The zero-order valence-electron chi connectivity index (χ0n) is 17.9. The number of methoxy groups -OCH3 is 1. The standard InChI is InChI=1S/C24H34N4O/c1-19(20-9-11-23(29-3)12-10-20)13-16-26-24(25-2)27-21-14-17-28(18-15-21)22-7-5-4-6-8-22/h4-12,19,21H,13-18H2,1-3H3,(H2,25,26,27). The van der Waals surface area contributed by atoms with Gasteiger partial charge in [-0.15, -0.1) is 0 Å². The van der Waals surface area contributed by atoms with Crippen molar-refractivity contribution < 1.29 is 4.74 Å². The highest BCUT2D eigenvalue weighted by Gasteiger charge is 2.20. The molecule has 2 aromatic rings. The number of ether oxygens (including phenoxy) is 1. The molecule has 156 valence electrons. The third kappa shape index (κ3) is 6.14. The Morgan fingerprint density at radius 2 is 1.79 bits per heavy atom. The van der Waals surface area contributed by atoms with Crippen molar-refractivity contribution in [1.82, 2.24) is 10.6 Å². The Balaban J connectivity index is 1.39. The number of hydrogen-bond donors (Lipinski definition) is 2. The van der Waals surface area contributed by atoms with Gasteiger partial charge in [0.25, 0.3) is 0 Å². The van der Waals surface area contributed by atoms with E-state index in [1.54, 1.807) is 7.11 Å². The molecule has 1 fully saturated rings. The summed E-state index contributed by atoms with van der Waals surface area (Å²) in [6, 6.07) is 19.5. The summed E-state index contributed by atoms with van der Waals surface area (Å²) < 4.78 is 5.24. The minimum Gasteiger partial charge on any atom is -0.497 e. The number of benzene rings is 2. The lowest BCUT2D eigenvalue weighted by atomic mass is 9.98. The van der Waals surface area contributed by atoms with Crippen LogP contribution in [0.15, 0.2) is 59.6 Å². The molecular formula is C24H34N4O. The second kappa shape index (κ2) is 10.7. The van der Waals surface area contributed by atoms with Crippen molar-refractivity contribution in [3.05, 3.63) is 60.2 Å². The molecular weight excluding hydrogens is 360 g/mol. The number of anilines is 1. The second-order valence-electron chi connectivity index (χ2n) is 7.70. The van der Waals surface area contributed by atoms with Gasteiger partial charge in [-0.1, -0.05) is 37.3 Å². The molecule has 0 radical (unpaired) electrons. The van der Waals surface area contributed by atoms with Crippen molar-refractivity contribution in [3.63, 3.8) is 0 Å². The highest BCUT2D eigenvalue weighted by Crippen LogP contribution is 2.21. The van der Waals surface area contributed by atoms with Crippen molar-refractivity contribution in [3.8, 4) is 5.75 Å². The minimum absolute atomic E-state index is 0.472. The highest BCUT2D eigenvalue weighted by atomic mass is 16.5. The van der Waals surface area contributed by atoms with Gasteiger partial charge in [0.1, 0.15) is 5.75 Å². The molecule has 2 N–H and O–H groups in total. The van der Waals surface area contributed by atoms with Gasteiger partial charge in [-0.2, -0.15) is 0 Å². The number of aliphatic imine (C=N–C) groups is 1. The van der Waals surface area contributed by atoms with Crippen LogP contribution in [-0.2, 0) is 0 Å². The summed E-state index contributed by atoms with van der Waals surface area (Å²) in [6.07, 6.45) is 3.30. The van der Waals surface area contributed by atoms with Crippen LogP contribution >= 0.6 is 0 Å². The summed E-state index contributed by atoms with van der Waals surface area (Å²) in [6.45, 7) is 5.31. The Labute approximate surface area is 175 Å². The predicted octanol–water partition coefficient (Wildman–Crippen LogP) is 4.02. The molecule has 0 saturated carbocycles. The molecule has 29 heavy (non-hydrogen) atoms. The van der Waals surface area contributed by atoms with E-state index in [0.717, 1.165) is 50.6 Å². The zero-order valence-corrected chi connectivity index (χ0v) is 17.9. The average molecular weight is 395 g/mol. The van der Waals surface area contributed by atoms with Gasteiger partial charge < -0.3 is 20.3 Å². The van der Waals surface area contributed by atoms with Gasteiger partial charge in [0.15, 0.2) is 5.96 Å².